The lowest BCUT2D eigenvalue weighted by atomic mass is 10.1. The molecule has 1 saturated carbocycles. The van der Waals surface area contributed by atoms with E-state index in [1.165, 1.54) is 12.8 Å². The molecule has 1 aliphatic carbocycles. The summed E-state index contributed by atoms with van der Waals surface area (Å²) in [5.41, 5.74) is 6.19. The van der Waals surface area contributed by atoms with E-state index in [0.29, 0.717) is 5.41 Å². The standard InChI is InChI=1S/C11H20N4/c1-14(9-11(8-12)3-4-11)7-10-13-5-6-15(10)2/h5-6H,3-4,7-9,12H2,1-2H3. The Morgan fingerprint density at radius 3 is 2.80 bits per heavy atom. The number of imidazole rings is 1. The Morgan fingerprint density at radius 1 is 1.60 bits per heavy atom. The zero-order chi connectivity index (χ0) is 10.9. The molecule has 0 atom stereocenters. The molecule has 0 unspecified atom stereocenters. The van der Waals surface area contributed by atoms with Gasteiger partial charge in [0.2, 0.25) is 0 Å². The van der Waals surface area contributed by atoms with Gasteiger partial charge in [-0.3, -0.25) is 4.90 Å². The van der Waals surface area contributed by atoms with E-state index in [1.54, 1.807) is 0 Å². The fourth-order valence-corrected chi connectivity index (χ4v) is 2.02. The van der Waals surface area contributed by atoms with Gasteiger partial charge in [0.15, 0.2) is 0 Å². The summed E-state index contributed by atoms with van der Waals surface area (Å²) in [6, 6.07) is 0. The lowest BCUT2D eigenvalue weighted by Gasteiger charge is -2.22. The van der Waals surface area contributed by atoms with Crippen LogP contribution in [0, 0.1) is 5.41 Å². The molecule has 2 N–H and O–H groups in total. The summed E-state index contributed by atoms with van der Waals surface area (Å²) in [6.07, 6.45) is 6.40. The molecule has 0 aromatic carbocycles. The summed E-state index contributed by atoms with van der Waals surface area (Å²) in [6.45, 7) is 2.82. The van der Waals surface area contributed by atoms with Crippen molar-refractivity contribution in [2.45, 2.75) is 19.4 Å². The Morgan fingerprint density at radius 2 is 2.33 bits per heavy atom. The van der Waals surface area contributed by atoms with Gasteiger partial charge in [-0.25, -0.2) is 4.98 Å². The summed E-state index contributed by atoms with van der Waals surface area (Å²) < 4.78 is 2.07. The highest BCUT2D eigenvalue weighted by atomic mass is 15.2. The first-order valence-electron chi connectivity index (χ1n) is 5.50. The van der Waals surface area contributed by atoms with Crippen LogP contribution in [0.3, 0.4) is 0 Å². The van der Waals surface area contributed by atoms with Crippen molar-refractivity contribution in [1.82, 2.24) is 14.5 Å². The molecule has 15 heavy (non-hydrogen) atoms. The highest BCUT2D eigenvalue weighted by Gasteiger charge is 2.41. The average Bonchev–Trinajstić information content (AvgIpc) is 2.86. The van der Waals surface area contributed by atoms with E-state index in [2.05, 4.69) is 21.5 Å². The number of hydrogen-bond acceptors (Lipinski definition) is 3. The second-order valence-corrected chi connectivity index (χ2v) is 4.83. The van der Waals surface area contributed by atoms with Crippen LogP contribution in [0.1, 0.15) is 18.7 Å². The highest BCUT2D eigenvalue weighted by molar-refractivity contribution is 4.97. The van der Waals surface area contributed by atoms with Crippen LogP contribution in [0.4, 0.5) is 0 Å². The van der Waals surface area contributed by atoms with Crippen LogP contribution < -0.4 is 5.73 Å². The Kier molecular flexibility index (Phi) is 2.80. The van der Waals surface area contributed by atoms with Crippen molar-refractivity contribution >= 4 is 0 Å². The van der Waals surface area contributed by atoms with Crippen LogP contribution in [0.2, 0.25) is 0 Å². The molecule has 0 aliphatic heterocycles. The number of hydrogen-bond donors (Lipinski definition) is 1. The zero-order valence-electron chi connectivity index (χ0n) is 9.61. The number of nitrogens with two attached hydrogens (primary N) is 1. The van der Waals surface area contributed by atoms with Gasteiger partial charge in [-0.05, 0) is 31.8 Å². The first kappa shape index (κ1) is 10.6. The van der Waals surface area contributed by atoms with E-state index < -0.39 is 0 Å². The minimum atomic E-state index is 0.417. The van der Waals surface area contributed by atoms with E-state index >= 15 is 0 Å². The summed E-state index contributed by atoms with van der Waals surface area (Å²) in [4.78, 5) is 6.64. The number of rotatable bonds is 5. The molecule has 1 aromatic rings. The number of aromatic nitrogens is 2. The highest BCUT2D eigenvalue weighted by Crippen LogP contribution is 2.44. The molecule has 4 nitrogen and oxygen atoms in total. The summed E-state index contributed by atoms with van der Waals surface area (Å²) in [7, 11) is 4.18. The van der Waals surface area contributed by atoms with Crippen LogP contribution >= 0.6 is 0 Å². The van der Waals surface area contributed by atoms with Gasteiger partial charge < -0.3 is 10.3 Å². The predicted molar refractivity (Wildman–Crippen MR) is 60.3 cm³/mol. The second kappa shape index (κ2) is 3.94. The molecular formula is C11H20N4. The summed E-state index contributed by atoms with van der Waals surface area (Å²) in [5, 5.41) is 0. The molecule has 0 radical (unpaired) electrons. The quantitative estimate of drug-likeness (QED) is 0.770. The van der Waals surface area contributed by atoms with Gasteiger partial charge in [0, 0.05) is 26.0 Å². The van der Waals surface area contributed by atoms with Gasteiger partial charge in [0.25, 0.3) is 0 Å². The monoisotopic (exact) mass is 208 g/mol. The molecule has 1 aliphatic rings. The normalized spacial score (nSPS) is 18.4. The Labute approximate surface area is 91.1 Å². The molecule has 0 amide bonds. The fourth-order valence-electron chi connectivity index (χ4n) is 2.02. The minimum absolute atomic E-state index is 0.417. The number of nitrogens with zero attached hydrogens (tertiary/aromatic N) is 3. The molecule has 2 rings (SSSR count). The van der Waals surface area contributed by atoms with Crippen molar-refractivity contribution in [2.75, 3.05) is 20.1 Å². The van der Waals surface area contributed by atoms with Crippen LogP contribution in [0.5, 0.6) is 0 Å². The Bertz CT molecular complexity index is 327. The second-order valence-electron chi connectivity index (χ2n) is 4.83. The van der Waals surface area contributed by atoms with Crippen LogP contribution in [-0.2, 0) is 13.6 Å². The van der Waals surface area contributed by atoms with Crippen molar-refractivity contribution in [2.24, 2.45) is 18.2 Å². The Balaban J connectivity index is 1.87. The van der Waals surface area contributed by atoms with E-state index in [9.17, 15) is 0 Å². The maximum atomic E-state index is 5.77. The summed E-state index contributed by atoms with van der Waals surface area (Å²) in [5.74, 6) is 1.12. The largest absolute Gasteiger partial charge is 0.337 e. The maximum Gasteiger partial charge on any atom is 0.122 e. The first-order chi connectivity index (χ1) is 7.15. The third-order valence-corrected chi connectivity index (χ3v) is 3.33. The van der Waals surface area contributed by atoms with Gasteiger partial charge >= 0.3 is 0 Å². The van der Waals surface area contributed by atoms with E-state index in [4.69, 9.17) is 5.73 Å². The molecule has 84 valence electrons. The minimum Gasteiger partial charge on any atom is -0.337 e. The average molecular weight is 208 g/mol. The zero-order valence-corrected chi connectivity index (χ0v) is 9.61. The van der Waals surface area contributed by atoms with Crippen molar-refractivity contribution in [1.29, 1.82) is 0 Å². The molecule has 0 saturated heterocycles. The van der Waals surface area contributed by atoms with Crippen molar-refractivity contribution < 1.29 is 0 Å². The molecule has 1 aromatic heterocycles. The maximum absolute atomic E-state index is 5.77. The van der Waals surface area contributed by atoms with Gasteiger partial charge in [-0.1, -0.05) is 0 Å². The van der Waals surface area contributed by atoms with Gasteiger partial charge in [-0.2, -0.15) is 0 Å². The van der Waals surface area contributed by atoms with Gasteiger partial charge in [0.1, 0.15) is 5.82 Å². The Hall–Kier alpha value is -0.870. The third kappa shape index (κ3) is 2.38. The first-order valence-corrected chi connectivity index (χ1v) is 5.50. The predicted octanol–water partition coefficient (Wildman–Crippen LogP) is 0.591. The van der Waals surface area contributed by atoms with Crippen molar-refractivity contribution in [3.8, 4) is 0 Å². The molecule has 1 fully saturated rings. The van der Waals surface area contributed by atoms with Crippen LogP contribution in [0.15, 0.2) is 12.4 Å². The SMILES string of the molecule is CN(Cc1nccn1C)CC1(CN)CC1. The smallest absolute Gasteiger partial charge is 0.122 e. The molecule has 4 heteroatoms. The van der Waals surface area contributed by atoms with E-state index in [0.717, 1.165) is 25.5 Å². The van der Waals surface area contributed by atoms with Crippen LogP contribution in [0.25, 0.3) is 0 Å². The topological polar surface area (TPSA) is 47.1 Å². The van der Waals surface area contributed by atoms with Gasteiger partial charge in [-0.15, -0.1) is 0 Å². The molecule has 0 spiro atoms. The third-order valence-electron chi connectivity index (χ3n) is 3.33. The van der Waals surface area contributed by atoms with E-state index in [-0.39, 0.29) is 0 Å². The lowest BCUT2D eigenvalue weighted by molar-refractivity contribution is 0.252. The lowest BCUT2D eigenvalue weighted by Crippen LogP contribution is -2.31. The fraction of sp³-hybridized carbons (Fsp3) is 0.727. The van der Waals surface area contributed by atoms with Gasteiger partial charge in [0.05, 0.1) is 6.54 Å². The molecule has 0 bridgehead atoms. The molecule has 1 heterocycles. The van der Waals surface area contributed by atoms with Crippen molar-refractivity contribution in [3.63, 3.8) is 0 Å². The molecular weight excluding hydrogens is 188 g/mol. The van der Waals surface area contributed by atoms with E-state index in [1.807, 2.05) is 19.4 Å². The summed E-state index contributed by atoms with van der Waals surface area (Å²) >= 11 is 0. The van der Waals surface area contributed by atoms with Crippen LogP contribution in [-0.4, -0.2) is 34.6 Å². The van der Waals surface area contributed by atoms with Crippen molar-refractivity contribution in [3.05, 3.63) is 18.2 Å². The number of aryl methyl sites for hydroxylation is 1.